The van der Waals surface area contributed by atoms with E-state index in [1.807, 2.05) is 30.3 Å². The van der Waals surface area contributed by atoms with Crippen molar-refractivity contribution in [1.82, 2.24) is 0 Å². The van der Waals surface area contributed by atoms with Gasteiger partial charge < -0.3 is 4.74 Å². The molecule has 0 aliphatic carbocycles. The zero-order valence-corrected chi connectivity index (χ0v) is 16.0. The number of hydrogen-bond donors (Lipinski definition) is 1. The van der Waals surface area contributed by atoms with Crippen LogP contribution in [0.4, 0.5) is 11.4 Å². The van der Waals surface area contributed by atoms with Gasteiger partial charge in [-0.25, -0.2) is 0 Å². The Morgan fingerprint density at radius 2 is 1.86 bits per heavy atom. The van der Waals surface area contributed by atoms with Gasteiger partial charge in [-0.05, 0) is 41.5 Å². The zero-order chi connectivity index (χ0) is 19.9. The van der Waals surface area contributed by atoms with Gasteiger partial charge in [0.15, 0.2) is 0 Å². The first-order valence-electron chi connectivity index (χ1n) is 8.21. The number of non-ortho nitro benzene ring substituents is 1. The molecule has 0 aliphatic rings. The normalized spacial score (nSPS) is 10.8. The second-order valence-electron chi connectivity index (χ2n) is 5.79. The number of nitrogens with zero attached hydrogens (tertiary/aromatic N) is 2. The SMILES string of the molecule is O=[N+]([O-])c1cccc(NN=Cc2cccc(OCc3ccc(Cl)c(Cl)c3)c2)c1. The molecule has 0 heterocycles. The molecule has 3 rings (SSSR count). The molecule has 28 heavy (non-hydrogen) atoms. The Bertz CT molecular complexity index is 1030. The van der Waals surface area contributed by atoms with E-state index in [1.54, 1.807) is 30.5 Å². The van der Waals surface area contributed by atoms with Crippen molar-refractivity contribution in [2.24, 2.45) is 5.10 Å². The third kappa shape index (κ3) is 5.45. The van der Waals surface area contributed by atoms with E-state index in [1.165, 1.54) is 12.1 Å². The van der Waals surface area contributed by atoms with Crippen molar-refractivity contribution in [3.63, 3.8) is 0 Å². The van der Waals surface area contributed by atoms with Crippen LogP contribution in [0.1, 0.15) is 11.1 Å². The van der Waals surface area contributed by atoms with Crippen LogP contribution in [0.5, 0.6) is 5.75 Å². The van der Waals surface area contributed by atoms with E-state index in [4.69, 9.17) is 27.9 Å². The van der Waals surface area contributed by atoms with Crippen molar-refractivity contribution in [3.05, 3.63) is 98.0 Å². The van der Waals surface area contributed by atoms with Crippen LogP contribution in [-0.4, -0.2) is 11.1 Å². The molecule has 0 aromatic heterocycles. The number of halogens is 2. The summed E-state index contributed by atoms with van der Waals surface area (Å²) >= 11 is 11.9. The molecule has 0 fully saturated rings. The highest BCUT2D eigenvalue weighted by Gasteiger charge is 2.05. The predicted octanol–water partition coefficient (Wildman–Crippen LogP) is 5.93. The van der Waals surface area contributed by atoms with Crippen molar-refractivity contribution >= 4 is 40.8 Å². The third-order valence-electron chi connectivity index (χ3n) is 3.71. The summed E-state index contributed by atoms with van der Waals surface area (Å²) in [5.74, 6) is 0.672. The molecule has 0 radical (unpaired) electrons. The van der Waals surface area contributed by atoms with E-state index < -0.39 is 4.92 Å². The second-order valence-corrected chi connectivity index (χ2v) is 6.60. The number of benzene rings is 3. The third-order valence-corrected chi connectivity index (χ3v) is 4.45. The molecular formula is C20H15Cl2N3O3. The predicted molar refractivity (Wildman–Crippen MR) is 112 cm³/mol. The Balaban J connectivity index is 1.61. The summed E-state index contributed by atoms with van der Waals surface area (Å²) in [4.78, 5) is 10.3. The molecule has 142 valence electrons. The second kappa shape index (κ2) is 9.21. The molecule has 0 bridgehead atoms. The smallest absolute Gasteiger partial charge is 0.271 e. The molecule has 0 amide bonds. The summed E-state index contributed by atoms with van der Waals surface area (Å²) in [7, 11) is 0. The molecule has 6 nitrogen and oxygen atoms in total. The first-order chi connectivity index (χ1) is 13.5. The van der Waals surface area contributed by atoms with Crippen LogP contribution in [0.25, 0.3) is 0 Å². The summed E-state index contributed by atoms with van der Waals surface area (Å²) < 4.78 is 5.78. The van der Waals surface area contributed by atoms with Crippen LogP contribution < -0.4 is 10.2 Å². The number of hydrazone groups is 1. The summed E-state index contributed by atoms with van der Waals surface area (Å²) in [6.45, 7) is 0.351. The van der Waals surface area contributed by atoms with Crippen LogP contribution in [-0.2, 0) is 6.61 Å². The summed E-state index contributed by atoms with van der Waals surface area (Å²) in [5.41, 5.74) is 5.01. The monoisotopic (exact) mass is 415 g/mol. The number of nitrogens with one attached hydrogen (secondary N) is 1. The molecule has 3 aromatic rings. The van der Waals surface area contributed by atoms with Crippen LogP contribution in [0.15, 0.2) is 71.8 Å². The summed E-state index contributed by atoms with van der Waals surface area (Å²) in [6.07, 6.45) is 1.60. The van der Waals surface area contributed by atoms with E-state index in [2.05, 4.69) is 10.5 Å². The van der Waals surface area contributed by atoms with Crippen LogP contribution in [0.2, 0.25) is 10.0 Å². The summed E-state index contributed by atoms with van der Waals surface area (Å²) in [5, 5.41) is 15.9. The molecule has 8 heteroatoms. The lowest BCUT2D eigenvalue weighted by molar-refractivity contribution is -0.384. The topological polar surface area (TPSA) is 76.8 Å². The number of nitro benzene ring substituents is 1. The van der Waals surface area contributed by atoms with Gasteiger partial charge in [-0.15, -0.1) is 0 Å². The van der Waals surface area contributed by atoms with Crippen molar-refractivity contribution in [2.45, 2.75) is 6.61 Å². The minimum atomic E-state index is -0.455. The van der Waals surface area contributed by atoms with E-state index in [-0.39, 0.29) is 5.69 Å². The summed E-state index contributed by atoms with van der Waals surface area (Å²) in [6, 6.07) is 18.8. The fraction of sp³-hybridized carbons (Fsp3) is 0.0500. The van der Waals surface area contributed by atoms with Crippen molar-refractivity contribution in [1.29, 1.82) is 0 Å². The fourth-order valence-corrected chi connectivity index (χ4v) is 2.67. The van der Waals surface area contributed by atoms with Crippen molar-refractivity contribution < 1.29 is 9.66 Å². The van der Waals surface area contributed by atoms with Crippen molar-refractivity contribution in [2.75, 3.05) is 5.43 Å². The number of rotatable bonds is 7. The van der Waals surface area contributed by atoms with E-state index in [9.17, 15) is 10.1 Å². The van der Waals surface area contributed by atoms with Crippen LogP contribution in [0, 0.1) is 10.1 Å². The Labute approximate surface area is 171 Å². The first kappa shape index (κ1) is 19.7. The Morgan fingerprint density at radius 3 is 2.64 bits per heavy atom. The van der Waals surface area contributed by atoms with Gasteiger partial charge in [-0.1, -0.05) is 47.5 Å². The number of hydrogen-bond acceptors (Lipinski definition) is 5. The maximum absolute atomic E-state index is 10.8. The molecule has 0 saturated heterocycles. The van der Waals surface area contributed by atoms with Crippen LogP contribution >= 0.6 is 23.2 Å². The highest BCUT2D eigenvalue weighted by Crippen LogP contribution is 2.23. The van der Waals surface area contributed by atoms with Gasteiger partial charge in [0.1, 0.15) is 12.4 Å². The minimum absolute atomic E-state index is 0.00194. The minimum Gasteiger partial charge on any atom is -0.489 e. The number of anilines is 1. The Kier molecular flexibility index (Phi) is 6.47. The lowest BCUT2D eigenvalue weighted by Crippen LogP contribution is -1.96. The van der Waals surface area contributed by atoms with Crippen LogP contribution in [0.3, 0.4) is 0 Å². The maximum atomic E-state index is 10.8. The van der Waals surface area contributed by atoms with Gasteiger partial charge >= 0.3 is 0 Å². The molecule has 3 aromatic carbocycles. The Morgan fingerprint density at radius 1 is 1.04 bits per heavy atom. The maximum Gasteiger partial charge on any atom is 0.271 e. The van der Waals surface area contributed by atoms with Gasteiger partial charge in [0.2, 0.25) is 0 Å². The first-order valence-corrected chi connectivity index (χ1v) is 8.97. The molecule has 0 atom stereocenters. The highest BCUT2D eigenvalue weighted by molar-refractivity contribution is 6.42. The molecule has 0 aliphatic heterocycles. The average Bonchev–Trinajstić information content (AvgIpc) is 2.69. The van der Waals surface area contributed by atoms with E-state index in [0.717, 1.165) is 11.1 Å². The zero-order valence-electron chi connectivity index (χ0n) is 14.5. The van der Waals surface area contributed by atoms with Gasteiger partial charge in [0.05, 0.1) is 26.9 Å². The van der Waals surface area contributed by atoms with Gasteiger partial charge in [-0.2, -0.15) is 5.10 Å². The van der Waals surface area contributed by atoms with Gasteiger partial charge in [0, 0.05) is 12.1 Å². The molecule has 0 saturated carbocycles. The fourth-order valence-electron chi connectivity index (χ4n) is 2.35. The highest BCUT2D eigenvalue weighted by atomic mass is 35.5. The standard InChI is InChI=1S/C20H15Cl2N3O3/c21-19-8-7-15(10-20(19)22)13-28-18-6-1-3-14(9-18)12-23-24-16-4-2-5-17(11-16)25(26)27/h1-12,24H,13H2. The van der Waals surface area contributed by atoms with Crippen molar-refractivity contribution in [3.8, 4) is 5.75 Å². The van der Waals surface area contributed by atoms with Gasteiger partial charge in [0.25, 0.3) is 5.69 Å². The Hall–Kier alpha value is -3.09. The molecule has 0 spiro atoms. The molecule has 0 unspecified atom stereocenters. The lowest BCUT2D eigenvalue weighted by atomic mass is 10.2. The number of nitro groups is 1. The molecular weight excluding hydrogens is 401 g/mol. The molecule has 1 N–H and O–H groups in total. The average molecular weight is 416 g/mol. The number of ether oxygens (including phenoxy) is 1. The quantitative estimate of drug-likeness (QED) is 0.294. The largest absolute Gasteiger partial charge is 0.489 e. The van der Waals surface area contributed by atoms with E-state index in [0.29, 0.717) is 28.1 Å². The van der Waals surface area contributed by atoms with E-state index >= 15 is 0 Å². The lowest BCUT2D eigenvalue weighted by Gasteiger charge is -2.08. The van der Waals surface area contributed by atoms with Gasteiger partial charge in [-0.3, -0.25) is 15.5 Å².